The van der Waals surface area contributed by atoms with Crippen LogP contribution in [0.1, 0.15) is 16.7 Å². The average Bonchev–Trinajstić information content (AvgIpc) is 2.77. The molecular formula is C23H21N5O3. The van der Waals surface area contributed by atoms with Crippen molar-refractivity contribution in [1.82, 2.24) is 19.1 Å². The molecule has 8 nitrogen and oxygen atoms in total. The van der Waals surface area contributed by atoms with E-state index in [1.807, 2.05) is 32.0 Å². The van der Waals surface area contributed by atoms with Crippen LogP contribution in [0.15, 0.2) is 70.6 Å². The Morgan fingerprint density at radius 3 is 2.42 bits per heavy atom. The van der Waals surface area contributed by atoms with Crippen LogP contribution >= 0.6 is 0 Å². The lowest BCUT2D eigenvalue weighted by molar-refractivity contribution is -0.116. The highest BCUT2D eigenvalue weighted by molar-refractivity contribution is 5.93. The number of aromatic nitrogens is 4. The second-order valence-corrected chi connectivity index (χ2v) is 7.31. The van der Waals surface area contributed by atoms with Gasteiger partial charge in [-0.1, -0.05) is 24.3 Å². The third-order valence-corrected chi connectivity index (χ3v) is 5.10. The van der Waals surface area contributed by atoms with Crippen LogP contribution in [-0.2, 0) is 17.9 Å². The molecule has 31 heavy (non-hydrogen) atoms. The standard InChI is InChI=1S/C23H21N5O3/c1-15-6-3-7-16(2)20(15)26-19(29)14-27-18-9-5-11-25-21(18)22(30)28(23(27)31)13-17-8-4-10-24-12-17/h3-12H,13-14H2,1-2H3,(H,26,29). The Morgan fingerprint density at radius 2 is 1.71 bits per heavy atom. The van der Waals surface area contributed by atoms with Gasteiger partial charge in [0, 0.05) is 24.3 Å². The summed E-state index contributed by atoms with van der Waals surface area (Å²) >= 11 is 0. The number of carbonyl (C=O) groups excluding carboxylic acids is 1. The van der Waals surface area contributed by atoms with Gasteiger partial charge in [-0.2, -0.15) is 0 Å². The van der Waals surface area contributed by atoms with E-state index in [4.69, 9.17) is 0 Å². The minimum Gasteiger partial charge on any atom is -0.324 e. The van der Waals surface area contributed by atoms with Crippen molar-refractivity contribution in [2.45, 2.75) is 26.9 Å². The number of amides is 1. The van der Waals surface area contributed by atoms with Crippen molar-refractivity contribution in [3.63, 3.8) is 0 Å². The van der Waals surface area contributed by atoms with Gasteiger partial charge in [-0.05, 0) is 48.7 Å². The summed E-state index contributed by atoms with van der Waals surface area (Å²) in [6.45, 7) is 3.60. The van der Waals surface area contributed by atoms with Crippen LogP contribution < -0.4 is 16.6 Å². The molecule has 4 aromatic rings. The maximum absolute atomic E-state index is 13.2. The van der Waals surface area contributed by atoms with Crippen LogP contribution in [0.2, 0.25) is 0 Å². The number of aryl methyl sites for hydroxylation is 2. The molecule has 0 saturated heterocycles. The maximum atomic E-state index is 13.2. The van der Waals surface area contributed by atoms with Crippen molar-refractivity contribution in [3.8, 4) is 0 Å². The number of para-hydroxylation sites is 1. The fourth-order valence-corrected chi connectivity index (χ4v) is 3.54. The molecule has 0 atom stereocenters. The van der Waals surface area contributed by atoms with Crippen LogP contribution in [-0.4, -0.2) is 25.0 Å². The van der Waals surface area contributed by atoms with Gasteiger partial charge in [0.1, 0.15) is 6.54 Å². The molecular weight excluding hydrogens is 394 g/mol. The topological polar surface area (TPSA) is 98.9 Å². The quantitative estimate of drug-likeness (QED) is 0.539. The molecule has 0 fully saturated rings. The SMILES string of the molecule is Cc1cccc(C)c1NC(=O)Cn1c(=O)n(Cc2cccnc2)c(=O)c2ncccc21. The van der Waals surface area contributed by atoms with Crippen molar-refractivity contribution in [2.24, 2.45) is 0 Å². The molecule has 0 aliphatic heterocycles. The fraction of sp³-hybridized carbons (Fsp3) is 0.174. The third kappa shape index (κ3) is 4.00. The molecule has 3 heterocycles. The van der Waals surface area contributed by atoms with E-state index in [2.05, 4.69) is 15.3 Å². The lowest BCUT2D eigenvalue weighted by Crippen LogP contribution is -2.42. The first-order chi connectivity index (χ1) is 15.0. The monoisotopic (exact) mass is 415 g/mol. The molecule has 0 aliphatic carbocycles. The summed E-state index contributed by atoms with van der Waals surface area (Å²) in [5, 5.41) is 2.89. The Morgan fingerprint density at radius 1 is 0.968 bits per heavy atom. The van der Waals surface area contributed by atoms with Gasteiger partial charge < -0.3 is 5.32 Å². The van der Waals surface area contributed by atoms with Crippen LogP contribution in [0.5, 0.6) is 0 Å². The summed E-state index contributed by atoms with van der Waals surface area (Å²) in [6.07, 6.45) is 4.70. The summed E-state index contributed by atoms with van der Waals surface area (Å²) in [5.41, 5.74) is 2.63. The van der Waals surface area contributed by atoms with Crippen LogP contribution in [0.4, 0.5) is 5.69 Å². The molecule has 0 unspecified atom stereocenters. The van der Waals surface area contributed by atoms with Crippen molar-refractivity contribution >= 4 is 22.6 Å². The van der Waals surface area contributed by atoms with Gasteiger partial charge in [0.05, 0.1) is 12.1 Å². The van der Waals surface area contributed by atoms with E-state index in [9.17, 15) is 14.4 Å². The number of benzene rings is 1. The zero-order valence-electron chi connectivity index (χ0n) is 17.2. The zero-order chi connectivity index (χ0) is 22.0. The summed E-state index contributed by atoms with van der Waals surface area (Å²) in [6, 6.07) is 12.5. The van der Waals surface area contributed by atoms with Gasteiger partial charge in [0.15, 0.2) is 5.52 Å². The second-order valence-electron chi connectivity index (χ2n) is 7.31. The second kappa shape index (κ2) is 8.35. The highest BCUT2D eigenvalue weighted by Gasteiger charge is 2.17. The molecule has 0 bridgehead atoms. The molecule has 4 rings (SSSR count). The molecule has 3 aromatic heterocycles. The number of fused-ring (bicyclic) bond motifs is 1. The van der Waals surface area contributed by atoms with E-state index in [1.54, 1.807) is 36.7 Å². The first-order valence-electron chi connectivity index (χ1n) is 9.79. The number of carbonyl (C=O) groups is 1. The Labute approximate surface area is 177 Å². The van der Waals surface area contributed by atoms with Crippen LogP contribution in [0, 0.1) is 13.8 Å². The van der Waals surface area contributed by atoms with Crippen molar-refractivity contribution in [3.05, 3.63) is 98.6 Å². The molecule has 8 heteroatoms. The summed E-state index contributed by atoms with van der Waals surface area (Å²) < 4.78 is 2.36. The van der Waals surface area contributed by atoms with Gasteiger partial charge in [0.25, 0.3) is 5.56 Å². The molecule has 0 spiro atoms. The molecule has 1 aromatic carbocycles. The van der Waals surface area contributed by atoms with E-state index in [-0.39, 0.29) is 24.5 Å². The van der Waals surface area contributed by atoms with E-state index < -0.39 is 11.2 Å². The van der Waals surface area contributed by atoms with E-state index in [0.29, 0.717) is 16.8 Å². The minimum atomic E-state index is -0.578. The molecule has 156 valence electrons. The number of rotatable bonds is 5. The summed E-state index contributed by atoms with van der Waals surface area (Å²) in [7, 11) is 0. The number of hydrogen-bond donors (Lipinski definition) is 1. The first-order valence-corrected chi connectivity index (χ1v) is 9.79. The fourth-order valence-electron chi connectivity index (χ4n) is 3.54. The normalized spacial score (nSPS) is 10.9. The smallest absolute Gasteiger partial charge is 0.324 e. The molecule has 1 N–H and O–H groups in total. The van der Waals surface area contributed by atoms with Crippen molar-refractivity contribution in [1.29, 1.82) is 0 Å². The van der Waals surface area contributed by atoms with Gasteiger partial charge in [0.2, 0.25) is 5.91 Å². The van der Waals surface area contributed by atoms with Gasteiger partial charge >= 0.3 is 5.69 Å². The average molecular weight is 415 g/mol. The van der Waals surface area contributed by atoms with E-state index in [0.717, 1.165) is 15.7 Å². The largest absolute Gasteiger partial charge is 0.332 e. The Bertz CT molecular complexity index is 1370. The van der Waals surface area contributed by atoms with Crippen LogP contribution in [0.25, 0.3) is 11.0 Å². The lowest BCUT2D eigenvalue weighted by Gasteiger charge is -2.15. The van der Waals surface area contributed by atoms with Gasteiger partial charge in [-0.25, -0.2) is 9.78 Å². The number of hydrogen-bond acceptors (Lipinski definition) is 5. The number of anilines is 1. The predicted octanol–water partition coefficient (Wildman–Crippen LogP) is 2.26. The van der Waals surface area contributed by atoms with Gasteiger partial charge in [-0.3, -0.25) is 23.7 Å². The molecule has 0 saturated carbocycles. The third-order valence-electron chi connectivity index (χ3n) is 5.10. The van der Waals surface area contributed by atoms with Crippen molar-refractivity contribution in [2.75, 3.05) is 5.32 Å². The first kappa shape index (κ1) is 20.2. The summed E-state index contributed by atoms with van der Waals surface area (Å²) in [4.78, 5) is 47.2. The minimum absolute atomic E-state index is 0.0382. The predicted molar refractivity (Wildman–Crippen MR) is 118 cm³/mol. The number of nitrogens with zero attached hydrogens (tertiary/aromatic N) is 4. The zero-order valence-corrected chi connectivity index (χ0v) is 17.2. The molecule has 0 aliphatic rings. The number of nitrogens with one attached hydrogen (secondary N) is 1. The Balaban J connectivity index is 1.77. The van der Waals surface area contributed by atoms with Crippen molar-refractivity contribution < 1.29 is 4.79 Å². The highest BCUT2D eigenvalue weighted by atomic mass is 16.2. The summed E-state index contributed by atoms with van der Waals surface area (Å²) in [5.74, 6) is -0.365. The maximum Gasteiger partial charge on any atom is 0.332 e. The molecule has 1 amide bonds. The lowest BCUT2D eigenvalue weighted by atomic mass is 10.1. The molecule has 0 radical (unpaired) electrons. The van der Waals surface area contributed by atoms with E-state index >= 15 is 0 Å². The van der Waals surface area contributed by atoms with E-state index in [1.165, 1.54) is 10.8 Å². The Hall–Kier alpha value is -4.07. The highest BCUT2D eigenvalue weighted by Crippen LogP contribution is 2.19. The van der Waals surface area contributed by atoms with Crippen LogP contribution in [0.3, 0.4) is 0 Å². The number of pyridine rings is 2. The Kier molecular flexibility index (Phi) is 5.44. The van der Waals surface area contributed by atoms with Gasteiger partial charge in [-0.15, -0.1) is 0 Å².